The molecule has 0 unspecified atom stereocenters. The lowest BCUT2D eigenvalue weighted by Crippen LogP contribution is -2.13. The zero-order valence-electron chi connectivity index (χ0n) is 13.8. The average Bonchev–Trinajstić information content (AvgIpc) is 2.91. The van der Waals surface area contributed by atoms with E-state index in [1.54, 1.807) is 0 Å². The first-order valence-corrected chi connectivity index (χ1v) is 8.51. The fourth-order valence-corrected chi connectivity index (χ4v) is 2.83. The predicted octanol–water partition coefficient (Wildman–Crippen LogP) is 5.09. The highest BCUT2D eigenvalue weighted by atomic mass is 35.5. The van der Waals surface area contributed by atoms with Gasteiger partial charge in [-0.05, 0) is 37.1 Å². The second-order valence-electron chi connectivity index (χ2n) is 5.91. The standard InChI is InChI=1S/C19H20ClN3O/c1-3-4-8-17(24)22-19-18(14-6-5-7-15(20)11-14)21-16-10-9-13(2)12-23(16)19/h5-7,9-12H,3-4,8H2,1-2H3,(H,22,24). The highest BCUT2D eigenvalue weighted by molar-refractivity contribution is 6.30. The SMILES string of the molecule is CCCCC(=O)Nc1c(-c2cccc(Cl)c2)nc2ccc(C)cn12. The lowest BCUT2D eigenvalue weighted by molar-refractivity contribution is -0.116. The Morgan fingerprint density at radius 1 is 1.29 bits per heavy atom. The fraction of sp³-hybridized carbons (Fsp3) is 0.263. The molecule has 0 saturated carbocycles. The number of fused-ring (bicyclic) bond motifs is 1. The average molecular weight is 342 g/mol. The molecular weight excluding hydrogens is 322 g/mol. The largest absolute Gasteiger partial charge is 0.310 e. The van der Waals surface area contributed by atoms with Crippen LogP contribution in [0.5, 0.6) is 0 Å². The van der Waals surface area contributed by atoms with Crippen molar-refractivity contribution in [1.82, 2.24) is 9.38 Å². The van der Waals surface area contributed by atoms with Gasteiger partial charge in [0.1, 0.15) is 17.2 Å². The second kappa shape index (κ2) is 7.05. The number of pyridine rings is 1. The van der Waals surface area contributed by atoms with Gasteiger partial charge in [0.25, 0.3) is 0 Å². The maximum absolute atomic E-state index is 12.3. The Kier molecular flexibility index (Phi) is 4.86. The molecule has 3 aromatic rings. The van der Waals surface area contributed by atoms with Gasteiger partial charge >= 0.3 is 0 Å². The molecule has 0 saturated heterocycles. The van der Waals surface area contributed by atoms with Crippen molar-refractivity contribution in [3.63, 3.8) is 0 Å². The van der Waals surface area contributed by atoms with Gasteiger partial charge in [-0.2, -0.15) is 0 Å². The zero-order chi connectivity index (χ0) is 17.1. The van der Waals surface area contributed by atoms with Gasteiger partial charge in [-0.1, -0.05) is 43.1 Å². The van der Waals surface area contributed by atoms with Crippen LogP contribution in [0.3, 0.4) is 0 Å². The summed E-state index contributed by atoms with van der Waals surface area (Å²) in [6, 6.07) is 11.5. The van der Waals surface area contributed by atoms with E-state index in [0.717, 1.165) is 35.3 Å². The number of nitrogens with one attached hydrogen (secondary N) is 1. The van der Waals surface area contributed by atoms with Crippen LogP contribution >= 0.6 is 11.6 Å². The number of unbranched alkanes of at least 4 members (excludes halogenated alkanes) is 1. The molecule has 0 aliphatic carbocycles. The number of anilines is 1. The number of nitrogens with zero attached hydrogens (tertiary/aromatic N) is 2. The third kappa shape index (κ3) is 3.44. The monoisotopic (exact) mass is 341 g/mol. The van der Waals surface area contributed by atoms with Crippen molar-refractivity contribution in [3.8, 4) is 11.3 Å². The van der Waals surface area contributed by atoms with E-state index in [9.17, 15) is 4.79 Å². The van der Waals surface area contributed by atoms with Crippen LogP contribution in [0, 0.1) is 6.92 Å². The Morgan fingerprint density at radius 3 is 2.88 bits per heavy atom. The molecular formula is C19H20ClN3O. The first-order chi connectivity index (χ1) is 11.6. The van der Waals surface area contributed by atoms with E-state index in [1.807, 2.05) is 53.9 Å². The number of aryl methyl sites for hydroxylation is 1. The molecule has 124 valence electrons. The van der Waals surface area contributed by atoms with Crippen molar-refractivity contribution in [2.75, 3.05) is 5.32 Å². The summed E-state index contributed by atoms with van der Waals surface area (Å²) < 4.78 is 1.93. The number of imidazole rings is 1. The molecule has 1 N–H and O–H groups in total. The molecule has 1 amide bonds. The lowest BCUT2D eigenvalue weighted by atomic mass is 10.1. The summed E-state index contributed by atoms with van der Waals surface area (Å²) in [7, 11) is 0. The molecule has 2 heterocycles. The number of benzene rings is 1. The molecule has 0 radical (unpaired) electrons. The Bertz CT molecular complexity index is 885. The van der Waals surface area contributed by atoms with Crippen molar-refractivity contribution in [3.05, 3.63) is 53.2 Å². The van der Waals surface area contributed by atoms with E-state index in [0.29, 0.717) is 17.3 Å². The zero-order valence-corrected chi connectivity index (χ0v) is 14.6. The molecule has 0 spiro atoms. The Morgan fingerprint density at radius 2 is 2.12 bits per heavy atom. The summed E-state index contributed by atoms with van der Waals surface area (Å²) >= 11 is 6.12. The second-order valence-corrected chi connectivity index (χ2v) is 6.34. The maximum Gasteiger partial charge on any atom is 0.225 e. The van der Waals surface area contributed by atoms with E-state index in [4.69, 9.17) is 11.6 Å². The number of rotatable bonds is 5. The maximum atomic E-state index is 12.3. The molecule has 24 heavy (non-hydrogen) atoms. The molecule has 0 fully saturated rings. The predicted molar refractivity (Wildman–Crippen MR) is 98.5 cm³/mol. The highest BCUT2D eigenvalue weighted by Crippen LogP contribution is 2.30. The molecule has 1 aromatic carbocycles. The van der Waals surface area contributed by atoms with Crippen LogP contribution in [0.2, 0.25) is 5.02 Å². The van der Waals surface area contributed by atoms with Crippen LogP contribution in [0.15, 0.2) is 42.6 Å². The normalized spacial score (nSPS) is 11.0. The topological polar surface area (TPSA) is 46.4 Å². The molecule has 4 nitrogen and oxygen atoms in total. The summed E-state index contributed by atoms with van der Waals surface area (Å²) in [5, 5.41) is 3.67. The van der Waals surface area contributed by atoms with Crippen LogP contribution < -0.4 is 5.32 Å². The minimum atomic E-state index is 0.00318. The van der Waals surface area contributed by atoms with Crippen molar-refractivity contribution in [2.24, 2.45) is 0 Å². The summed E-state index contributed by atoms with van der Waals surface area (Å²) in [5.74, 6) is 0.695. The van der Waals surface area contributed by atoms with E-state index in [2.05, 4.69) is 17.2 Å². The van der Waals surface area contributed by atoms with E-state index in [1.165, 1.54) is 0 Å². The number of hydrogen-bond acceptors (Lipinski definition) is 2. The Balaban J connectivity index is 2.10. The molecule has 0 atom stereocenters. The Hall–Kier alpha value is -2.33. The summed E-state index contributed by atoms with van der Waals surface area (Å²) in [4.78, 5) is 17.0. The van der Waals surface area contributed by atoms with E-state index in [-0.39, 0.29) is 5.91 Å². The smallest absolute Gasteiger partial charge is 0.225 e. The van der Waals surface area contributed by atoms with Crippen molar-refractivity contribution in [1.29, 1.82) is 0 Å². The van der Waals surface area contributed by atoms with Crippen molar-refractivity contribution in [2.45, 2.75) is 33.1 Å². The molecule has 5 heteroatoms. The minimum absolute atomic E-state index is 0.00318. The quantitative estimate of drug-likeness (QED) is 0.702. The molecule has 0 aliphatic heterocycles. The number of aromatic nitrogens is 2. The summed E-state index contributed by atoms with van der Waals surface area (Å²) in [6.07, 6.45) is 4.34. The number of halogens is 1. The van der Waals surface area contributed by atoms with Gasteiger partial charge in [-0.25, -0.2) is 4.98 Å². The number of hydrogen-bond donors (Lipinski definition) is 1. The highest BCUT2D eigenvalue weighted by Gasteiger charge is 2.16. The van der Waals surface area contributed by atoms with Gasteiger partial charge < -0.3 is 5.32 Å². The molecule has 3 rings (SSSR count). The molecule has 2 aromatic heterocycles. The van der Waals surface area contributed by atoms with Gasteiger partial charge in [-0.3, -0.25) is 9.20 Å². The van der Waals surface area contributed by atoms with Crippen LogP contribution in [-0.4, -0.2) is 15.3 Å². The third-order valence-electron chi connectivity index (χ3n) is 3.88. The van der Waals surface area contributed by atoms with Gasteiger partial charge in [0.15, 0.2) is 0 Å². The van der Waals surface area contributed by atoms with Crippen LogP contribution in [0.1, 0.15) is 31.7 Å². The molecule has 0 aliphatic rings. The van der Waals surface area contributed by atoms with Crippen LogP contribution in [-0.2, 0) is 4.79 Å². The first kappa shape index (κ1) is 16.5. The summed E-state index contributed by atoms with van der Waals surface area (Å²) in [6.45, 7) is 4.09. The van der Waals surface area contributed by atoms with Crippen LogP contribution in [0.4, 0.5) is 5.82 Å². The minimum Gasteiger partial charge on any atom is -0.310 e. The summed E-state index contributed by atoms with van der Waals surface area (Å²) in [5.41, 5.74) is 3.51. The van der Waals surface area contributed by atoms with Crippen LogP contribution in [0.25, 0.3) is 16.9 Å². The van der Waals surface area contributed by atoms with E-state index >= 15 is 0 Å². The van der Waals surface area contributed by atoms with Gasteiger partial charge in [-0.15, -0.1) is 0 Å². The number of carbonyl (C=O) groups excluding carboxylic acids is 1. The van der Waals surface area contributed by atoms with E-state index < -0.39 is 0 Å². The van der Waals surface area contributed by atoms with Crippen molar-refractivity contribution >= 4 is 29.0 Å². The molecule has 0 bridgehead atoms. The lowest BCUT2D eigenvalue weighted by Gasteiger charge is -2.08. The fourth-order valence-electron chi connectivity index (χ4n) is 2.64. The van der Waals surface area contributed by atoms with Gasteiger partial charge in [0.05, 0.1) is 0 Å². The van der Waals surface area contributed by atoms with Crippen molar-refractivity contribution < 1.29 is 4.79 Å². The number of carbonyl (C=O) groups is 1. The van der Waals surface area contributed by atoms with Gasteiger partial charge in [0.2, 0.25) is 5.91 Å². The number of amides is 1. The third-order valence-corrected chi connectivity index (χ3v) is 4.11. The first-order valence-electron chi connectivity index (χ1n) is 8.13. The van der Waals surface area contributed by atoms with Gasteiger partial charge in [0, 0.05) is 23.2 Å². The Labute approximate surface area is 146 Å².